The van der Waals surface area contributed by atoms with Gasteiger partial charge in [-0.15, -0.1) is 0 Å². The number of alkyl carbamates (subject to hydrolysis) is 1. The maximum Gasteiger partial charge on any atom is 0.410 e. The quantitative estimate of drug-likeness (QED) is 0.711. The van der Waals surface area contributed by atoms with E-state index in [4.69, 9.17) is 9.47 Å². The number of carboxylic acids is 1. The highest BCUT2D eigenvalue weighted by Gasteiger charge is 2.44. The predicted octanol–water partition coefficient (Wildman–Crippen LogP) is 3.99. The van der Waals surface area contributed by atoms with Crippen molar-refractivity contribution in [3.63, 3.8) is 0 Å². The average molecular weight is 453 g/mol. The lowest BCUT2D eigenvalue weighted by Gasteiger charge is -2.43. The molecular weight excluding hydrogens is 424 g/mol. The summed E-state index contributed by atoms with van der Waals surface area (Å²) < 4.78 is 10.8. The van der Waals surface area contributed by atoms with Gasteiger partial charge in [-0.3, -0.25) is 0 Å². The molecule has 4 rings (SSSR count). The third kappa shape index (κ3) is 4.65. The number of carbonyl (C=O) groups is 3. The summed E-state index contributed by atoms with van der Waals surface area (Å²) in [5, 5.41) is 12.1. The molecule has 1 heterocycles. The first-order valence-corrected chi connectivity index (χ1v) is 11.0. The summed E-state index contributed by atoms with van der Waals surface area (Å²) >= 11 is 0. The van der Waals surface area contributed by atoms with Crippen LogP contribution in [0.5, 0.6) is 0 Å². The number of fused-ring (bicyclic) bond motifs is 3. The molecule has 2 amide bonds. The maximum atomic E-state index is 12.6. The van der Waals surface area contributed by atoms with E-state index in [-0.39, 0.29) is 12.5 Å². The second-order valence-electron chi connectivity index (χ2n) is 9.32. The van der Waals surface area contributed by atoms with E-state index in [0.29, 0.717) is 13.0 Å². The van der Waals surface area contributed by atoms with Gasteiger partial charge in [0, 0.05) is 12.5 Å². The second-order valence-corrected chi connectivity index (χ2v) is 9.32. The van der Waals surface area contributed by atoms with Crippen LogP contribution in [0.25, 0.3) is 11.1 Å². The van der Waals surface area contributed by atoms with Gasteiger partial charge in [-0.2, -0.15) is 0 Å². The molecule has 1 aliphatic heterocycles. The van der Waals surface area contributed by atoms with Gasteiger partial charge in [0.05, 0.1) is 6.04 Å². The minimum atomic E-state index is -1.29. The summed E-state index contributed by atoms with van der Waals surface area (Å²) in [6, 6.07) is 13.9. The van der Waals surface area contributed by atoms with Crippen LogP contribution in [0, 0.1) is 0 Å². The second kappa shape index (κ2) is 8.77. The Morgan fingerprint density at radius 3 is 2.12 bits per heavy atom. The van der Waals surface area contributed by atoms with Crippen molar-refractivity contribution in [2.24, 2.45) is 0 Å². The van der Waals surface area contributed by atoms with E-state index in [1.165, 1.54) is 4.90 Å². The standard InChI is InChI=1S/C25H28N2O6/c1-25(2,3)33-24(31)27-13-12-20(27)21(22(28)29)26-23(30)32-14-19-17-10-6-4-8-15(17)16-9-5-7-11-18(16)19/h4-11,19-21H,12-14H2,1-3H3,(H,26,30)(H,28,29). The minimum absolute atomic E-state index is 0.0760. The molecule has 0 aromatic heterocycles. The molecule has 1 saturated heterocycles. The van der Waals surface area contributed by atoms with Gasteiger partial charge in [0.15, 0.2) is 6.04 Å². The molecule has 2 aliphatic rings. The van der Waals surface area contributed by atoms with Crippen LogP contribution >= 0.6 is 0 Å². The molecule has 0 radical (unpaired) electrons. The Hall–Kier alpha value is -3.55. The van der Waals surface area contributed by atoms with Crippen molar-refractivity contribution in [2.75, 3.05) is 13.2 Å². The zero-order valence-electron chi connectivity index (χ0n) is 18.9. The Balaban J connectivity index is 1.41. The van der Waals surface area contributed by atoms with E-state index in [0.717, 1.165) is 22.3 Å². The third-order valence-corrected chi connectivity index (χ3v) is 5.96. The van der Waals surface area contributed by atoms with Crippen molar-refractivity contribution in [3.8, 4) is 11.1 Å². The van der Waals surface area contributed by atoms with Gasteiger partial charge in [0.25, 0.3) is 0 Å². The lowest BCUT2D eigenvalue weighted by molar-refractivity contribution is -0.142. The first-order chi connectivity index (χ1) is 15.7. The molecule has 8 nitrogen and oxygen atoms in total. The van der Waals surface area contributed by atoms with Crippen molar-refractivity contribution >= 4 is 18.2 Å². The molecule has 8 heteroatoms. The number of ether oxygens (including phenoxy) is 2. The molecular formula is C25H28N2O6. The van der Waals surface area contributed by atoms with Crippen molar-refractivity contribution in [2.45, 2.75) is 50.8 Å². The maximum absolute atomic E-state index is 12.6. The first kappa shape index (κ1) is 22.6. The van der Waals surface area contributed by atoms with E-state index in [9.17, 15) is 19.5 Å². The van der Waals surface area contributed by atoms with Crippen LogP contribution in [-0.4, -0.2) is 59.0 Å². The molecule has 1 aliphatic carbocycles. The van der Waals surface area contributed by atoms with Gasteiger partial charge in [-0.05, 0) is 49.4 Å². The van der Waals surface area contributed by atoms with Crippen LogP contribution in [0.15, 0.2) is 48.5 Å². The molecule has 2 unspecified atom stereocenters. The van der Waals surface area contributed by atoms with Crippen molar-refractivity contribution < 1.29 is 29.0 Å². The summed E-state index contributed by atoms with van der Waals surface area (Å²) in [7, 11) is 0. The van der Waals surface area contributed by atoms with E-state index < -0.39 is 35.8 Å². The molecule has 0 saturated carbocycles. The topological polar surface area (TPSA) is 105 Å². The van der Waals surface area contributed by atoms with Crippen molar-refractivity contribution in [1.82, 2.24) is 10.2 Å². The fraction of sp³-hybridized carbons (Fsp3) is 0.400. The third-order valence-electron chi connectivity index (χ3n) is 5.96. The lowest BCUT2D eigenvalue weighted by atomic mass is 9.95. The highest BCUT2D eigenvalue weighted by molar-refractivity contribution is 5.83. The molecule has 0 bridgehead atoms. The Labute approximate surface area is 192 Å². The number of aliphatic carboxylic acids is 1. The van der Waals surface area contributed by atoms with Gasteiger partial charge in [-0.1, -0.05) is 48.5 Å². The summed E-state index contributed by atoms with van der Waals surface area (Å²) in [4.78, 5) is 38.1. The van der Waals surface area contributed by atoms with E-state index in [2.05, 4.69) is 5.32 Å². The number of nitrogens with zero attached hydrogens (tertiary/aromatic N) is 1. The smallest absolute Gasteiger partial charge is 0.410 e. The normalized spacial score (nSPS) is 17.9. The highest BCUT2D eigenvalue weighted by atomic mass is 16.6. The monoisotopic (exact) mass is 452 g/mol. The molecule has 2 aromatic rings. The van der Waals surface area contributed by atoms with Gasteiger partial charge >= 0.3 is 18.2 Å². The number of carbonyl (C=O) groups excluding carboxylic acids is 2. The van der Waals surface area contributed by atoms with Gasteiger partial charge < -0.3 is 24.8 Å². The summed E-state index contributed by atoms with van der Waals surface area (Å²) in [5.41, 5.74) is 3.64. The van der Waals surface area contributed by atoms with Crippen LogP contribution in [0.4, 0.5) is 9.59 Å². The van der Waals surface area contributed by atoms with Gasteiger partial charge in [0.2, 0.25) is 0 Å². The van der Waals surface area contributed by atoms with Crippen molar-refractivity contribution in [3.05, 3.63) is 59.7 Å². The molecule has 2 aromatic carbocycles. The fourth-order valence-corrected chi connectivity index (χ4v) is 4.39. The predicted molar refractivity (Wildman–Crippen MR) is 121 cm³/mol. The van der Waals surface area contributed by atoms with Crippen molar-refractivity contribution in [1.29, 1.82) is 0 Å². The number of amides is 2. The Morgan fingerprint density at radius 1 is 1.06 bits per heavy atom. The van der Waals surface area contributed by atoms with Crippen LogP contribution in [-0.2, 0) is 14.3 Å². The Morgan fingerprint density at radius 2 is 1.64 bits per heavy atom. The molecule has 174 valence electrons. The largest absolute Gasteiger partial charge is 0.480 e. The Kier molecular flexibility index (Phi) is 6.01. The number of carboxylic acid groups (broad SMARTS) is 1. The molecule has 1 fully saturated rings. The number of nitrogens with one attached hydrogen (secondary N) is 1. The van der Waals surface area contributed by atoms with Gasteiger partial charge in [0.1, 0.15) is 12.2 Å². The number of rotatable bonds is 5. The Bertz CT molecular complexity index is 1030. The number of benzene rings is 2. The first-order valence-electron chi connectivity index (χ1n) is 11.0. The molecule has 2 N–H and O–H groups in total. The molecule has 2 atom stereocenters. The summed E-state index contributed by atoms with van der Waals surface area (Å²) in [6.07, 6.45) is -0.987. The summed E-state index contributed by atoms with van der Waals surface area (Å²) in [5.74, 6) is -1.37. The number of likely N-dealkylation sites (tertiary alicyclic amines) is 1. The van der Waals surface area contributed by atoms with E-state index >= 15 is 0 Å². The zero-order valence-corrected chi connectivity index (χ0v) is 18.9. The molecule has 33 heavy (non-hydrogen) atoms. The van der Waals surface area contributed by atoms with Gasteiger partial charge in [-0.25, -0.2) is 14.4 Å². The van der Waals surface area contributed by atoms with Crippen LogP contribution in [0.3, 0.4) is 0 Å². The van der Waals surface area contributed by atoms with Crippen LogP contribution in [0.2, 0.25) is 0 Å². The zero-order chi connectivity index (χ0) is 23.8. The highest BCUT2D eigenvalue weighted by Crippen LogP contribution is 2.44. The van der Waals surface area contributed by atoms with Crippen LogP contribution < -0.4 is 5.32 Å². The molecule has 0 spiro atoms. The minimum Gasteiger partial charge on any atom is -0.480 e. The van der Waals surface area contributed by atoms with E-state index in [1.54, 1.807) is 20.8 Å². The average Bonchev–Trinajstić information content (AvgIpc) is 3.03. The number of hydrogen-bond acceptors (Lipinski definition) is 5. The van der Waals surface area contributed by atoms with E-state index in [1.807, 2.05) is 48.5 Å². The van der Waals surface area contributed by atoms with Crippen LogP contribution in [0.1, 0.15) is 44.2 Å². The fourth-order valence-electron chi connectivity index (χ4n) is 4.39. The summed E-state index contributed by atoms with van der Waals surface area (Å²) in [6.45, 7) is 5.66. The SMILES string of the molecule is CC(C)(C)OC(=O)N1CCC1C(NC(=O)OCC1c2ccccc2-c2ccccc21)C(=O)O. The lowest BCUT2D eigenvalue weighted by Crippen LogP contribution is -2.64. The number of hydrogen-bond donors (Lipinski definition) is 2.